The second kappa shape index (κ2) is 7.27. The third-order valence-electron chi connectivity index (χ3n) is 2.94. The first-order valence-corrected chi connectivity index (χ1v) is 8.02. The van der Waals surface area contributed by atoms with Gasteiger partial charge in [0.2, 0.25) is 10.0 Å². The molecule has 0 saturated heterocycles. The zero-order valence-electron chi connectivity index (χ0n) is 11.4. The van der Waals surface area contributed by atoms with Crippen molar-refractivity contribution in [2.45, 2.75) is 20.3 Å². The van der Waals surface area contributed by atoms with E-state index in [-0.39, 0.29) is 18.2 Å². The molecule has 4 nitrogen and oxygen atoms in total. The van der Waals surface area contributed by atoms with Crippen molar-refractivity contribution < 1.29 is 8.42 Å². The lowest BCUT2D eigenvalue weighted by molar-refractivity contribution is 0.400. The Morgan fingerprint density at radius 2 is 1.95 bits per heavy atom. The van der Waals surface area contributed by atoms with Crippen molar-refractivity contribution in [1.29, 1.82) is 5.26 Å². The first kappa shape index (κ1) is 15.7. The average molecular weight is 280 g/mol. The van der Waals surface area contributed by atoms with Crippen molar-refractivity contribution in [1.82, 2.24) is 4.31 Å². The SMILES string of the molecule is CCN(CC(C)C#N)S(=O)(=O)CCc1ccccc1. The number of sulfonamides is 1. The second-order valence-electron chi connectivity index (χ2n) is 4.53. The molecule has 0 aliphatic heterocycles. The molecule has 19 heavy (non-hydrogen) atoms. The van der Waals surface area contributed by atoms with Gasteiger partial charge in [-0.05, 0) is 18.9 Å². The van der Waals surface area contributed by atoms with Crippen LogP contribution < -0.4 is 0 Å². The zero-order valence-corrected chi connectivity index (χ0v) is 12.2. The van der Waals surface area contributed by atoms with Crippen LogP contribution in [-0.4, -0.2) is 31.6 Å². The van der Waals surface area contributed by atoms with Crippen molar-refractivity contribution in [2.75, 3.05) is 18.8 Å². The number of aryl methyl sites for hydroxylation is 1. The van der Waals surface area contributed by atoms with Crippen LogP contribution in [-0.2, 0) is 16.4 Å². The molecule has 0 aliphatic carbocycles. The molecule has 5 heteroatoms. The Hall–Kier alpha value is -1.38. The van der Waals surface area contributed by atoms with Crippen LogP contribution >= 0.6 is 0 Å². The summed E-state index contributed by atoms with van der Waals surface area (Å²) in [4.78, 5) is 0. The highest BCUT2D eigenvalue weighted by Crippen LogP contribution is 2.09. The van der Waals surface area contributed by atoms with Crippen LogP contribution in [0, 0.1) is 17.2 Å². The van der Waals surface area contributed by atoms with Gasteiger partial charge in [0.25, 0.3) is 0 Å². The van der Waals surface area contributed by atoms with E-state index in [4.69, 9.17) is 5.26 Å². The van der Waals surface area contributed by atoms with Gasteiger partial charge >= 0.3 is 0 Å². The Morgan fingerprint density at radius 1 is 1.32 bits per heavy atom. The van der Waals surface area contributed by atoms with E-state index < -0.39 is 10.0 Å². The number of nitrogens with zero attached hydrogens (tertiary/aromatic N) is 2. The summed E-state index contributed by atoms with van der Waals surface area (Å²) in [7, 11) is -3.29. The number of rotatable bonds is 7. The van der Waals surface area contributed by atoms with E-state index in [1.165, 1.54) is 4.31 Å². The van der Waals surface area contributed by atoms with E-state index in [0.717, 1.165) is 5.56 Å². The van der Waals surface area contributed by atoms with Crippen LogP contribution in [0.2, 0.25) is 0 Å². The third kappa shape index (κ3) is 5.01. The summed E-state index contributed by atoms with van der Waals surface area (Å²) in [6.07, 6.45) is 0.501. The number of hydrogen-bond acceptors (Lipinski definition) is 3. The number of nitriles is 1. The predicted molar refractivity (Wildman–Crippen MR) is 76.0 cm³/mol. The van der Waals surface area contributed by atoms with Crippen LogP contribution in [0.25, 0.3) is 0 Å². The van der Waals surface area contributed by atoms with Gasteiger partial charge in [-0.15, -0.1) is 0 Å². The highest BCUT2D eigenvalue weighted by molar-refractivity contribution is 7.89. The Morgan fingerprint density at radius 3 is 2.47 bits per heavy atom. The summed E-state index contributed by atoms with van der Waals surface area (Å²) < 4.78 is 25.8. The summed E-state index contributed by atoms with van der Waals surface area (Å²) in [6, 6.07) is 11.6. The molecule has 1 rings (SSSR count). The summed E-state index contributed by atoms with van der Waals surface area (Å²) >= 11 is 0. The van der Waals surface area contributed by atoms with Crippen LogP contribution in [0.15, 0.2) is 30.3 Å². The fourth-order valence-electron chi connectivity index (χ4n) is 1.81. The molecule has 1 aromatic carbocycles. The molecule has 1 unspecified atom stereocenters. The molecule has 0 amide bonds. The van der Waals surface area contributed by atoms with Crippen molar-refractivity contribution in [3.63, 3.8) is 0 Å². The molecular weight excluding hydrogens is 260 g/mol. The molecule has 1 atom stereocenters. The minimum absolute atomic E-state index is 0.0863. The highest BCUT2D eigenvalue weighted by Gasteiger charge is 2.22. The molecule has 104 valence electrons. The quantitative estimate of drug-likeness (QED) is 0.768. The lowest BCUT2D eigenvalue weighted by Gasteiger charge is -2.21. The van der Waals surface area contributed by atoms with E-state index in [1.807, 2.05) is 30.3 Å². The molecule has 0 aliphatic rings. The smallest absolute Gasteiger partial charge is 0.212 e. The zero-order chi connectivity index (χ0) is 14.3. The van der Waals surface area contributed by atoms with Gasteiger partial charge in [0.05, 0.1) is 17.7 Å². The van der Waals surface area contributed by atoms with Crippen LogP contribution in [0.5, 0.6) is 0 Å². The topological polar surface area (TPSA) is 61.2 Å². The maximum atomic E-state index is 12.2. The molecule has 0 aromatic heterocycles. The lowest BCUT2D eigenvalue weighted by Crippen LogP contribution is -2.36. The van der Waals surface area contributed by atoms with E-state index in [9.17, 15) is 8.42 Å². The number of benzene rings is 1. The predicted octanol–water partition coefficient (Wildman–Crippen LogP) is 2.04. The molecule has 0 radical (unpaired) electrons. The summed E-state index contributed by atoms with van der Waals surface area (Å²) in [5.74, 6) is -0.199. The highest BCUT2D eigenvalue weighted by atomic mass is 32.2. The van der Waals surface area contributed by atoms with E-state index >= 15 is 0 Å². The fourth-order valence-corrected chi connectivity index (χ4v) is 3.40. The van der Waals surface area contributed by atoms with Crippen molar-refractivity contribution in [3.05, 3.63) is 35.9 Å². The van der Waals surface area contributed by atoms with Gasteiger partial charge in [-0.3, -0.25) is 0 Å². The van der Waals surface area contributed by atoms with Crippen molar-refractivity contribution in [3.8, 4) is 6.07 Å². The van der Waals surface area contributed by atoms with Gasteiger partial charge in [-0.1, -0.05) is 37.3 Å². The minimum Gasteiger partial charge on any atom is -0.212 e. The van der Waals surface area contributed by atoms with Gasteiger partial charge in [-0.2, -0.15) is 5.26 Å². The van der Waals surface area contributed by atoms with Gasteiger partial charge in [0.15, 0.2) is 0 Å². The summed E-state index contributed by atoms with van der Waals surface area (Å²) in [5.41, 5.74) is 1.01. The minimum atomic E-state index is -3.29. The van der Waals surface area contributed by atoms with Gasteiger partial charge < -0.3 is 0 Å². The monoisotopic (exact) mass is 280 g/mol. The summed E-state index contributed by atoms with van der Waals surface area (Å²) in [5, 5.41) is 8.78. The molecule has 0 saturated carbocycles. The van der Waals surface area contributed by atoms with Crippen LogP contribution in [0.1, 0.15) is 19.4 Å². The Balaban J connectivity index is 2.66. The molecule has 0 fully saturated rings. The van der Waals surface area contributed by atoms with Gasteiger partial charge in [0, 0.05) is 13.1 Å². The molecule has 0 heterocycles. The van der Waals surface area contributed by atoms with E-state index in [0.29, 0.717) is 13.0 Å². The average Bonchev–Trinajstić information content (AvgIpc) is 2.43. The second-order valence-corrected chi connectivity index (χ2v) is 6.62. The lowest BCUT2D eigenvalue weighted by atomic mass is 10.2. The van der Waals surface area contributed by atoms with Crippen molar-refractivity contribution in [2.24, 2.45) is 5.92 Å². The molecule has 0 N–H and O–H groups in total. The first-order chi connectivity index (χ1) is 8.99. The van der Waals surface area contributed by atoms with E-state index in [1.54, 1.807) is 13.8 Å². The normalized spacial score (nSPS) is 13.2. The molecular formula is C14H20N2O2S. The Bertz CT molecular complexity index is 520. The Kier molecular flexibility index (Phi) is 6.00. The number of hydrogen-bond donors (Lipinski definition) is 0. The van der Waals surface area contributed by atoms with Gasteiger partial charge in [-0.25, -0.2) is 12.7 Å². The fraction of sp³-hybridized carbons (Fsp3) is 0.500. The van der Waals surface area contributed by atoms with Crippen LogP contribution in [0.3, 0.4) is 0 Å². The molecule has 0 bridgehead atoms. The van der Waals surface area contributed by atoms with Crippen molar-refractivity contribution >= 4 is 10.0 Å². The first-order valence-electron chi connectivity index (χ1n) is 6.41. The summed E-state index contributed by atoms with van der Waals surface area (Å²) in [6.45, 7) is 4.20. The van der Waals surface area contributed by atoms with Gasteiger partial charge in [0.1, 0.15) is 0 Å². The van der Waals surface area contributed by atoms with E-state index in [2.05, 4.69) is 6.07 Å². The largest absolute Gasteiger partial charge is 0.214 e. The third-order valence-corrected chi connectivity index (χ3v) is 4.85. The van der Waals surface area contributed by atoms with Crippen LogP contribution in [0.4, 0.5) is 0 Å². The molecule has 1 aromatic rings. The Labute approximate surface area is 115 Å². The molecule has 0 spiro atoms. The standard InChI is InChI=1S/C14H20N2O2S/c1-3-16(12-13(2)11-15)19(17,18)10-9-14-7-5-4-6-8-14/h4-8,13H,3,9-10,12H2,1-2H3. The maximum Gasteiger partial charge on any atom is 0.214 e. The maximum absolute atomic E-state index is 12.2.